The Morgan fingerprint density at radius 3 is 2.68 bits per heavy atom. The molecule has 2 aromatic carbocycles. The van der Waals surface area contributed by atoms with Gasteiger partial charge in [-0.3, -0.25) is 19.3 Å². The minimum absolute atomic E-state index is 0.00460. The molecule has 0 bridgehead atoms. The van der Waals surface area contributed by atoms with Crippen LogP contribution in [-0.2, 0) is 39.3 Å². The second-order valence-corrected chi connectivity index (χ2v) is 12.1. The number of benzene rings is 2. The maximum Gasteiger partial charge on any atom is 0.250 e. The molecule has 3 aliphatic rings. The standard InChI is InChI=1S/C33H44N4O4/c1-24(2)13-18-37-23-30(38)35-33(15-5-8-26-7-3-4-9-28(26)33)32(40)34-16-19-36(17-6-10-31(37)39)22-25-11-12-29-27(21-25)14-20-41-29/h3-4,7,9,11-12,21,24H,5-6,8,10,13-20,22-23H2,1-2H3,(H,34,40)(H,35,38). The molecule has 1 saturated heterocycles. The third kappa shape index (κ3) is 6.92. The van der Waals surface area contributed by atoms with Gasteiger partial charge in [-0.25, -0.2) is 0 Å². The predicted octanol–water partition coefficient (Wildman–Crippen LogP) is 3.56. The van der Waals surface area contributed by atoms with Crippen molar-refractivity contribution in [2.45, 2.75) is 70.9 Å². The monoisotopic (exact) mass is 560 g/mol. The number of hydrogen-bond donors (Lipinski definition) is 2. The van der Waals surface area contributed by atoms with Crippen LogP contribution in [0.4, 0.5) is 0 Å². The van der Waals surface area contributed by atoms with Crippen molar-refractivity contribution in [1.82, 2.24) is 20.4 Å². The first-order valence-electron chi connectivity index (χ1n) is 15.3. The van der Waals surface area contributed by atoms with Crippen molar-refractivity contribution >= 4 is 17.7 Å². The molecule has 41 heavy (non-hydrogen) atoms. The van der Waals surface area contributed by atoms with E-state index in [9.17, 15) is 14.4 Å². The number of carbonyl (C=O) groups excluding carboxylic acids is 3. The zero-order chi connectivity index (χ0) is 28.8. The van der Waals surface area contributed by atoms with E-state index in [4.69, 9.17) is 4.74 Å². The van der Waals surface area contributed by atoms with Gasteiger partial charge in [0.05, 0.1) is 13.2 Å². The number of ether oxygens (including phenoxy) is 1. The summed E-state index contributed by atoms with van der Waals surface area (Å²) < 4.78 is 5.68. The predicted molar refractivity (Wildman–Crippen MR) is 158 cm³/mol. The van der Waals surface area contributed by atoms with E-state index >= 15 is 0 Å². The second-order valence-electron chi connectivity index (χ2n) is 12.1. The molecule has 1 aliphatic carbocycles. The van der Waals surface area contributed by atoms with E-state index in [1.54, 1.807) is 4.90 Å². The summed E-state index contributed by atoms with van der Waals surface area (Å²) in [5.41, 5.74) is 3.25. The minimum Gasteiger partial charge on any atom is -0.493 e. The van der Waals surface area contributed by atoms with Gasteiger partial charge >= 0.3 is 0 Å². The van der Waals surface area contributed by atoms with E-state index in [-0.39, 0.29) is 24.3 Å². The van der Waals surface area contributed by atoms with Gasteiger partial charge in [0.1, 0.15) is 11.3 Å². The highest BCUT2D eigenvalue weighted by Gasteiger charge is 2.44. The molecule has 5 rings (SSSR count). The summed E-state index contributed by atoms with van der Waals surface area (Å²) >= 11 is 0. The van der Waals surface area contributed by atoms with Crippen LogP contribution < -0.4 is 15.4 Å². The van der Waals surface area contributed by atoms with Crippen molar-refractivity contribution in [2.75, 3.05) is 39.3 Å². The van der Waals surface area contributed by atoms with Gasteiger partial charge < -0.3 is 20.3 Å². The molecule has 2 aromatic rings. The van der Waals surface area contributed by atoms with Crippen molar-refractivity contribution in [1.29, 1.82) is 0 Å². The quantitative estimate of drug-likeness (QED) is 0.584. The molecule has 2 aliphatic heterocycles. The van der Waals surface area contributed by atoms with Gasteiger partial charge in [0.25, 0.3) is 0 Å². The Morgan fingerprint density at radius 1 is 0.976 bits per heavy atom. The molecule has 1 atom stereocenters. The molecule has 1 unspecified atom stereocenters. The highest BCUT2D eigenvalue weighted by Crippen LogP contribution is 2.36. The SMILES string of the molecule is CC(C)CCN1CC(=O)NC2(CCCc3ccccc32)C(=O)NCCN(Cc2ccc3c(c2)CCO3)CCCC1=O. The zero-order valence-corrected chi connectivity index (χ0v) is 24.5. The van der Waals surface area contributed by atoms with E-state index in [2.05, 4.69) is 41.5 Å². The molecule has 1 fully saturated rings. The number of rotatable bonds is 5. The van der Waals surface area contributed by atoms with Crippen LogP contribution in [0, 0.1) is 5.92 Å². The Morgan fingerprint density at radius 2 is 1.83 bits per heavy atom. The highest BCUT2D eigenvalue weighted by atomic mass is 16.5. The summed E-state index contributed by atoms with van der Waals surface area (Å²) in [6.07, 6.45) is 5.03. The third-order valence-electron chi connectivity index (χ3n) is 8.62. The number of carbonyl (C=O) groups is 3. The molecule has 1 spiro atoms. The van der Waals surface area contributed by atoms with Crippen molar-refractivity contribution in [3.05, 3.63) is 64.7 Å². The third-order valence-corrected chi connectivity index (χ3v) is 8.62. The second kappa shape index (κ2) is 13.1. The lowest BCUT2D eigenvalue weighted by atomic mass is 9.75. The number of aryl methyl sites for hydroxylation is 1. The van der Waals surface area contributed by atoms with Crippen LogP contribution in [0.2, 0.25) is 0 Å². The fraction of sp³-hybridized carbons (Fsp3) is 0.545. The van der Waals surface area contributed by atoms with Crippen LogP contribution >= 0.6 is 0 Å². The fourth-order valence-corrected chi connectivity index (χ4v) is 6.37. The van der Waals surface area contributed by atoms with Gasteiger partial charge in [0.2, 0.25) is 17.7 Å². The van der Waals surface area contributed by atoms with E-state index < -0.39 is 5.54 Å². The lowest BCUT2D eigenvalue weighted by Gasteiger charge is -2.39. The Balaban J connectivity index is 1.40. The van der Waals surface area contributed by atoms with E-state index in [1.807, 2.05) is 30.3 Å². The topological polar surface area (TPSA) is 91.0 Å². The first kappa shape index (κ1) is 29.1. The molecule has 8 heteroatoms. The molecule has 2 heterocycles. The van der Waals surface area contributed by atoms with Crippen molar-refractivity contribution in [3.63, 3.8) is 0 Å². The van der Waals surface area contributed by atoms with Crippen molar-refractivity contribution in [3.8, 4) is 5.75 Å². The molecular formula is C33H44N4O4. The number of fused-ring (bicyclic) bond motifs is 3. The first-order chi connectivity index (χ1) is 19.8. The molecule has 0 radical (unpaired) electrons. The molecule has 8 nitrogen and oxygen atoms in total. The Labute approximate surface area is 243 Å². The van der Waals surface area contributed by atoms with Crippen LogP contribution in [-0.4, -0.2) is 66.9 Å². The van der Waals surface area contributed by atoms with E-state index in [0.29, 0.717) is 44.8 Å². The van der Waals surface area contributed by atoms with Crippen molar-refractivity contribution < 1.29 is 19.1 Å². The lowest BCUT2D eigenvalue weighted by molar-refractivity contribution is -0.139. The van der Waals surface area contributed by atoms with E-state index in [1.165, 1.54) is 11.1 Å². The van der Waals surface area contributed by atoms with Crippen LogP contribution in [0.3, 0.4) is 0 Å². The summed E-state index contributed by atoms with van der Waals surface area (Å²) in [4.78, 5) is 44.9. The van der Waals surface area contributed by atoms with Gasteiger partial charge in [0.15, 0.2) is 0 Å². The Hall–Kier alpha value is -3.39. The van der Waals surface area contributed by atoms with Crippen LogP contribution in [0.15, 0.2) is 42.5 Å². The molecule has 220 valence electrons. The lowest BCUT2D eigenvalue weighted by Crippen LogP contribution is -2.60. The number of amides is 3. The van der Waals surface area contributed by atoms with Crippen LogP contribution in [0.1, 0.15) is 68.2 Å². The largest absolute Gasteiger partial charge is 0.493 e. The first-order valence-corrected chi connectivity index (χ1v) is 15.3. The van der Waals surface area contributed by atoms with Crippen LogP contribution in [0.25, 0.3) is 0 Å². The molecule has 0 saturated carbocycles. The average Bonchev–Trinajstić information content (AvgIpc) is 3.42. The smallest absolute Gasteiger partial charge is 0.250 e. The summed E-state index contributed by atoms with van der Waals surface area (Å²) in [6, 6.07) is 14.3. The fourth-order valence-electron chi connectivity index (χ4n) is 6.37. The minimum atomic E-state index is -1.15. The van der Waals surface area contributed by atoms with Crippen molar-refractivity contribution in [2.24, 2.45) is 5.92 Å². The Kier molecular flexibility index (Phi) is 9.28. The molecular weight excluding hydrogens is 516 g/mol. The molecule has 3 amide bonds. The molecule has 2 N–H and O–H groups in total. The average molecular weight is 561 g/mol. The van der Waals surface area contributed by atoms with Gasteiger partial charge in [-0.15, -0.1) is 0 Å². The van der Waals surface area contributed by atoms with Gasteiger partial charge in [-0.2, -0.15) is 0 Å². The summed E-state index contributed by atoms with van der Waals surface area (Å²) in [7, 11) is 0. The number of nitrogens with one attached hydrogen (secondary N) is 2. The summed E-state index contributed by atoms with van der Waals surface area (Å²) in [5, 5.41) is 6.32. The normalized spacial score (nSPS) is 22.5. The van der Waals surface area contributed by atoms with Gasteiger partial charge in [0, 0.05) is 39.0 Å². The number of nitrogens with zero attached hydrogens (tertiary/aromatic N) is 2. The van der Waals surface area contributed by atoms with Gasteiger partial charge in [-0.1, -0.05) is 50.2 Å². The van der Waals surface area contributed by atoms with Crippen LogP contribution in [0.5, 0.6) is 5.75 Å². The number of hydrogen-bond acceptors (Lipinski definition) is 5. The maximum atomic E-state index is 14.0. The van der Waals surface area contributed by atoms with Gasteiger partial charge in [-0.05, 0) is 72.9 Å². The van der Waals surface area contributed by atoms with E-state index in [0.717, 1.165) is 62.3 Å². The Bertz CT molecular complexity index is 1260. The zero-order valence-electron chi connectivity index (χ0n) is 24.5. The summed E-state index contributed by atoms with van der Waals surface area (Å²) in [6.45, 7) is 8.03. The molecule has 0 aromatic heterocycles. The highest BCUT2D eigenvalue weighted by molar-refractivity contribution is 5.94. The summed E-state index contributed by atoms with van der Waals surface area (Å²) in [5.74, 6) is 0.914. The maximum absolute atomic E-state index is 14.0.